The van der Waals surface area contributed by atoms with E-state index in [1.165, 1.54) is 25.3 Å². The molecule has 0 aromatic heterocycles. The van der Waals surface area contributed by atoms with Crippen molar-refractivity contribution in [2.24, 2.45) is 0 Å². The summed E-state index contributed by atoms with van der Waals surface area (Å²) in [6.07, 6.45) is 1.36. The third-order valence-electron chi connectivity index (χ3n) is 5.60. The highest BCUT2D eigenvalue weighted by molar-refractivity contribution is 6.39. The van der Waals surface area contributed by atoms with Crippen LogP contribution in [0, 0.1) is 0 Å². The van der Waals surface area contributed by atoms with Crippen molar-refractivity contribution in [2.75, 3.05) is 18.6 Å². The van der Waals surface area contributed by atoms with Gasteiger partial charge in [-0.2, -0.15) is 0 Å². The Morgan fingerprint density at radius 2 is 1.66 bits per heavy atom. The Morgan fingerprint density at radius 1 is 0.947 bits per heavy atom. The molecule has 0 aliphatic carbocycles. The molecule has 10 nitrogen and oxygen atoms in total. The van der Waals surface area contributed by atoms with Crippen LogP contribution in [-0.4, -0.2) is 42.6 Å². The fraction of sp³-hybridized carbons (Fsp3) is 0.143. The van der Waals surface area contributed by atoms with Gasteiger partial charge in [0.25, 0.3) is 11.8 Å². The third kappa shape index (κ3) is 5.65. The van der Waals surface area contributed by atoms with E-state index >= 15 is 0 Å². The van der Waals surface area contributed by atoms with Gasteiger partial charge in [-0.1, -0.05) is 18.2 Å². The van der Waals surface area contributed by atoms with Crippen LogP contribution >= 0.6 is 0 Å². The summed E-state index contributed by atoms with van der Waals surface area (Å²) >= 11 is 0. The molecule has 0 saturated carbocycles. The van der Waals surface area contributed by atoms with Crippen molar-refractivity contribution in [3.8, 4) is 17.2 Å². The zero-order chi connectivity index (χ0) is 27.2. The number of carbonyl (C=O) groups is 4. The van der Waals surface area contributed by atoms with Crippen molar-refractivity contribution in [3.63, 3.8) is 0 Å². The Kier molecular flexibility index (Phi) is 7.72. The van der Waals surface area contributed by atoms with Gasteiger partial charge in [0.2, 0.25) is 0 Å². The highest BCUT2D eigenvalue weighted by atomic mass is 16.5. The molecule has 1 heterocycles. The number of hydrogen-bond donors (Lipinski definition) is 2. The summed E-state index contributed by atoms with van der Waals surface area (Å²) in [5.74, 6) is -1.26. The first-order valence-electron chi connectivity index (χ1n) is 11.6. The van der Waals surface area contributed by atoms with E-state index in [9.17, 15) is 19.2 Å². The Labute approximate surface area is 218 Å². The lowest BCUT2D eigenvalue weighted by Gasteiger charge is -2.26. The van der Waals surface area contributed by atoms with Gasteiger partial charge in [-0.3, -0.25) is 14.9 Å². The lowest BCUT2D eigenvalue weighted by Crippen LogP contribution is -2.54. The first-order chi connectivity index (χ1) is 18.3. The standard InChI is InChI=1S/C28H24N2O8/c1-3-37-21-11-9-20(10-12-21)30-26(32)22(25(31)29-28(30)35)14-18-6-13-23(24(15-18)36-2)38-16-17-4-7-19(8-5-17)27(33)34/h4-15H,3,16H2,1-2H3,(H,33,34)(H,29,31,35)/b22-14-. The van der Waals surface area contributed by atoms with Gasteiger partial charge in [0.1, 0.15) is 17.9 Å². The van der Waals surface area contributed by atoms with Crippen molar-refractivity contribution >= 4 is 35.6 Å². The molecule has 0 atom stereocenters. The van der Waals surface area contributed by atoms with Crippen molar-refractivity contribution in [3.05, 3.63) is 89.0 Å². The van der Waals surface area contributed by atoms with Crippen LogP contribution in [0.1, 0.15) is 28.4 Å². The number of barbiturate groups is 1. The molecule has 0 unspecified atom stereocenters. The summed E-state index contributed by atoms with van der Waals surface area (Å²) < 4.78 is 16.6. The molecule has 194 valence electrons. The minimum absolute atomic E-state index is 0.163. The SMILES string of the molecule is CCOc1ccc(N2C(=O)NC(=O)/C(=C/c3ccc(OCc4ccc(C(=O)O)cc4)c(OC)c3)C2=O)cc1. The van der Waals surface area contributed by atoms with Gasteiger partial charge in [-0.05, 0) is 72.7 Å². The molecular weight excluding hydrogens is 492 g/mol. The number of amides is 4. The van der Waals surface area contributed by atoms with Gasteiger partial charge in [0.15, 0.2) is 11.5 Å². The quantitative estimate of drug-likeness (QED) is 0.322. The van der Waals surface area contributed by atoms with Gasteiger partial charge in [0, 0.05) is 0 Å². The summed E-state index contributed by atoms with van der Waals surface area (Å²) in [6.45, 7) is 2.47. The van der Waals surface area contributed by atoms with Gasteiger partial charge < -0.3 is 19.3 Å². The first kappa shape index (κ1) is 26.0. The normalized spacial score (nSPS) is 14.3. The number of imide groups is 2. The topological polar surface area (TPSA) is 131 Å². The number of urea groups is 1. The Balaban J connectivity index is 1.54. The molecule has 4 rings (SSSR count). The summed E-state index contributed by atoms with van der Waals surface area (Å²) in [7, 11) is 1.45. The lowest BCUT2D eigenvalue weighted by atomic mass is 10.1. The number of anilines is 1. The number of hydrogen-bond acceptors (Lipinski definition) is 7. The number of nitrogens with one attached hydrogen (secondary N) is 1. The van der Waals surface area contributed by atoms with Crippen LogP contribution < -0.4 is 24.4 Å². The molecule has 4 amide bonds. The van der Waals surface area contributed by atoms with Crippen LogP contribution in [0.25, 0.3) is 6.08 Å². The molecule has 1 saturated heterocycles. The minimum atomic E-state index is -1.01. The van der Waals surface area contributed by atoms with Crippen molar-refractivity contribution in [1.82, 2.24) is 5.32 Å². The maximum Gasteiger partial charge on any atom is 0.335 e. The summed E-state index contributed by atoms with van der Waals surface area (Å²) in [5, 5.41) is 11.2. The van der Waals surface area contributed by atoms with Crippen molar-refractivity contribution in [2.45, 2.75) is 13.5 Å². The molecule has 0 radical (unpaired) electrons. The summed E-state index contributed by atoms with van der Waals surface area (Å²) in [4.78, 5) is 50.0. The number of benzene rings is 3. The van der Waals surface area contributed by atoms with E-state index in [2.05, 4.69) is 5.32 Å². The Bertz CT molecular complexity index is 1410. The van der Waals surface area contributed by atoms with Gasteiger partial charge in [0.05, 0.1) is 25.0 Å². The zero-order valence-corrected chi connectivity index (χ0v) is 20.6. The number of nitrogens with zero attached hydrogens (tertiary/aromatic N) is 1. The molecule has 1 fully saturated rings. The first-order valence-corrected chi connectivity index (χ1v) is 11.6. The molecule has 0 bridgehead atoms. The van der Waals surface area contributed by atoms with Gasteiger partial charge in [-0.15, -0.1) is 0 Å². The van der Waals surface area contributed by atoms with E-state index in [1.54, 1.807) is 54.6 Å². The number of ether oxygens (including phenoxy) is 3. The fourth-order valence-corrected chi connectivity index (χ4v) is 3.71. The molecule has 38 heavy (non-hydrogen) atoms. The van der Waals surface area contributed by atoms with Crippen LogP contribution in [0.3, 0.4) is 0 Å². The van der Waals surface area contributed by atoms with Crippen molar-refractivity contribution in [1.29, 1.82) is 0 Å². The average molecular weight is 517 g/mol. The zero-order valence-electron chi connectivity index (χ0n) is 20.6. The highest BCUT2D eigenvalue weighted by Crippen LogP contribution is 2.31. The molecule has 10 heteroatoms. The second kappa shape index (κ2) is 11.3. The molecule has 1 aliphatic heterocycles. The molecular formula is C28H24N2O8. The van der Waals surface area contributed by atoms with E-state index in [0.29, 0.717) is 29.4 Å². The average Bonchev–Trinajstić information content (AvgIpc) is 2.91. The third-order valence-corrected chi connectivity index (χ3v) is 5.60. The van der Waals surface area contributed by atoms with Crippen LogP contribution in [0.15, 0.2) is 72.3 Å². The molecule has 1 aliphatic rings. The van der Waals surface area contributed by atoms with E-state index in [0.717, 1.165) is 10.5 Å². The van der Waals surface area contributed by atoms with E-state index in [1.807, 2.05) is 6.92 Å². The fourth-order valence-electron chi connectivity index (χ4n) is 3.71. The number of carbonyl (C=O) groups excluding carboxylic acids is 3. The molecule has 2 N–H and O–H groups in total. The summed E-state index contributed by atoms with van der Waals surface area (Å²) in [6, 6.07) is 16.6. The maximum absolute atomic E-state index is 13.2. The number of carboxylic acids is 1. The van der Waals surface area contributed by atoms with Crippen LogP contribution in [0.4, 0.5) is 10.5 Å². The molecule has 0 spiro atoms. The van der Waals surface area contributed by atoms with E-state index in [4.69, 9.17) is 19.3 Å². The number of methoxy groups -OCH3 is 1. The molecule has 3 aromatic rings. The second-order valence-corrected chi connectivity index (χ2v) is 8.09. The monoisotopic (exact) mass is 516 g/mol. The van der Waals surface area contributed by atoms with Gasteiger partial charge in [-0.25, -0.2) is 14.5 Å². The second-order valence-electron chi connectivity index (χ2n) is 8.09. The maximum atomic E-state index is 13.2. The highest BCUT2D eigenvalue weighted by Gasteiger charge is 2.36. The Morgan fingerprint density at radius 3 is 2.29 bits per heavy atom. The molecule has 3 aromatic carbocycles. The largest absolute Gasteiger partial charge is 0.494 e. The Hall–Kier alpha value is -5.12. The predicted molar refractivity (Wildman–Crippen MR) is 137 cm³/mol. The van der Waals surface area contributed by atoms with E-state index in [-0.39, 0.29) is 23.4 Å². The number of carboxylic acid groups (broad SMARTS) is 1. The van der Waals surface area contributed by atoms with Gasteiger partial charge >= 0.3 is 12.0 Å². The van der Waals surface area contributed by atoms with Crippen LogP contribution in [0.2, 0.25) is 0 Å². The number of aromatic carboxylic acids is 1. The minimum Gasteiger partial charge on any atom is -0.494 e. The van der Waals surface area contributed by atoms with Crippen molar-refractivity contribution < 1.29 is 38.5 Å². The van der Waals surface area contributed by atoms with Crippen LogP contribution in [-0.2, 0) is 16.2 Å². The lowest BCUT2D eigenvalue weighted by molar-refractivity contribution is -0.122. The summed E-state index contributed by atoms with van der Waals surface area (Å²) in [5.41, 5.74) is 1.46. The van der Waals surface area contributed by atoms with E-state index < -0.39 is 23.8 Å². The van der Waals surface area contributed by atoms with Crippen LogP contribution in [0.5, 0.6) is 17.2 Å². The number of rotatable bonds is 9. The predicted octanol–water partition coefficient (Wildman–Crippen LogP) is 4.04. The smallest absolute Gasteiger partial charge is 0.335 e.